The molecule has 1 saturated carbocycles. The van der Waals surface area contributed by atoms with Gasteiger partial charge in [-0.2, -0.15) is 5.10 Å². The number of likely N-dealkylation sites (tertiary alicyclic amines) is 1. The number of fused-ring (bicyclic) bond motifs is 2. The van der Waals surface area contributed by atoms with Gasteiger partial charge < -0.3 is 20.3 Å². The van der Waals surface area contributed by atoms with Crippen molar-refractivity contribution in [3.8, 4) is 0 Å². The van der Waals surface area contributed by atoms with E-state index in [2.05, 4.69) is 29.0 Å². The highest BCUT2D eigenvalue weighted by molar-refractivity contribution is 5.80. The van der Waals surface area contributed by atoms with Gasteiger partial charge in [0.25, 0.3) is 0 Å². The monoisotopic (exact) mass is 452 g/mol. The van der Waals surface area contributed by atoms with Gasteiger partial charge in [0.05, 0.1) is 23.8 Å². The topological polar surface area (TPSA) is 89.0 Å². The third kappa shape index (κ3) is 3.81. The van der Waals surface area contributed by atoms with Gasteiger partial charge in [0, 0.05) is 50.1 Å². The first-order chi connectivity index (χ1) is 16.1. The Morgan fingerprint density at radius 2 is 2.03 bits per heavy atom. The summed E-state index contributed by atoms with van der Waals surface area (Å²) in [6.45, 7) is 5.51. The summed E-state index contributed by atoms with van der Waals surface area (Å²) in [5.41, 5.74) is 9.05. The summed E-state index contributed by atoms with van der Waals surface area (Å²) in [6.07, 6.45) is 10.8. The Hall–Kier alpha value is -2.19. The van der Waals surface area contributed by atoms with Crippen LogP contribution in [0.1, 0.15) is 68.7 Å². The molecular formula is C25H36N6O2. The predicted octanol–water partition coefficient (Wildman–Crippen LogP) is 2.83. The van der Waals surface area contributed by atoms with Crippen molar-refractivity contribution < 1.29 is 9.53 Å². The van der Waals surface area contributed by atoms with Gasteiger partial charge in [0.2, 0.25) is 5.91 Å². The number of nitrogens with zero attached hydrogens (tertiary/aromatic N) is 5. The Bertz CT molecular complexity index is 1040. The van der Waals surface area contributed by atoms with Crippen molar-refractivity contribution in [3.05, 3.63) is 23.5 Å². The third-order valence-corrected chi connectivity index (χ3v) is 8.34. The number of hydrogen-bond donors (Lipinski definition) is 1. The molecule has 2 aromatic rings. The number of aryl methyl sites for hydroxylation is 1. The highest BCUT2D eigenvalue weighted by Crippen LogP contribution is 2.41. The molecule has 4 fully saturated rings. The van der Waals surface area contributed by atoms with Gasteiger partial charge in [-0.05, 0) is 57.8 Å². The molecule has 1 amide bonds. The fourth-order valence-electron chi connectivity index (χ4n) is 6.64. The molecule has 0 bridgehead atoms. The smallest absolute Gasteiger partial charge is 0.228 e. The second-order valence-corrected chi connectivity index (χ2v) is 10.6. The molecule has 6 rings (SSSR count). The number of rotatable bonds is 3. The fourth-order valence-corrected chi connectivity index (χ4v) is 6.64. The van der Waals surface area contributed by atoms with Gasteiger partial charge in [-0.15, -0.1) is 0 Å². The zero-order chi connectivity index (χ0) is 22.5. The van der Waals surface area contributed by atoms with E-state index in [1.165, 1.54) is 6.42 Å². The minimum absolute atomic E-state index is 0.00947. The van der Waals surface area contributed by atoms with Crippen molar-refractivity contribution in [2.75, 3.05) is 31.1 Å². The van der Waals surface area contributed by atoms with Gasteiger partial charge in [-0.25, -0.2) is 9.50 Å². The number of hydrogen-bond acceptors (Lipinski definition) is 6. The Morgan fingerprint density at radius 3 is 2.88 bits per heavy atom. The van der Waals surface area contributed by atoms with E-state index in [0.29, 0.717) is 5.92 Å². The van der Waals surface area contributed by atoms with Crippen LogP contribution in [0.25, 0.3) is 5.65 Å². The van der Waals surface area contributed by atoms with Crippen molar-refractivity contribution in [3.63, 3.8) is 0 Å². The molecule has 0 aromatic carbocycles. The molecule has 2 aromatic heterocycles. The van der Waals surface area contributed by atoms with Crippen LogP contribution in [-0.2, 0) is 9.53 Å². The van der Waals surface area contributed by atoms with Gasteiger partial charge in [-0.1, -0.05) is 6.42 Å². The predicted molar refractivity (Wildman–Crippen MR) is 126 cm³/mol. The lowest BCUT2D eigenvalue weighted by Gasteiger charge is -2.40. The highest BCUT2D eigenvalue weighted by atomic mass is 16.5. The van der Waals surface area contributed by atoms with Gasteiger partial charge in [0.15, 0.2) is 5.65 Å². The largest absolute Gasteiger partial charge is 0.377 e. The molecule has 4 aliphatic rings. The van der Waals surface area contributed by atoms with Crippen LogP contribution in [0.2, 0.25) is 0 Å². The minimum atomic E-state index is 0.00947. The number of amides is 1. The summed E-state index contributed by atoms with van der Waals surface area (Å²) in [6, 6.07) is 2.33. The molecule has 33 heavy (non-hydrogen) atoms. The maximum Gasteiger partial charge on any atom is 0.228 e. The molecule has 3 saturated heterocycles. The summed E-state index contributed by atoms with van der Waals surface area (Å²) in [5.74, 6) is 1.86. The van der Waals surface area contributed by atoms with E-state index in [1.807, 2.05) is 4.52 Å². The SMILES string of the molecule is Cc1cn2nc([C@@H]3CCCCN3C(=O)C3CCCC4CCOC43)cc2nc1N1CC[C@H](N)C1. The van der Waals surface area contributed by atoms with E-state index in [-0.39, 0.29) is 30.0 Å². The van der Waals surface area contributed by atoms with Crippen LogP contribution in [-0.4, -0.2) is 63.8 Å². The van der Waals surface area contributed by atoms with E-state index in [4.69, 9.17) is 20.6 Å². The molecule has 8 nitrogen and oxygen atoms in total. The average molecular weight is 453 g/mol. The van der Waals surface area contributed by atoms with Crippen LogP contribution in [0.3, 0.4) is 0 Å². The van der Waals surface area contributed by atoms with E-state index in [9.17, 15) is 4.79 Å². The maximum atomic E-state index is 13.8. The number of carbonyl (C=O) groups excluding carboxylic acids is 1. The summed E-state index contributed by atoms with van der Waals surface area (Å²) in [7, 11) is 0. The van der Waals surface area contributed by atoms with Crippen LogP contribution < -0.4 is 10.6 Å². The summed E-state index contributed by atoms with van der Waals surface area (Å²) >= 11 is 0. The minimum Gasteiger partial charge on any atom is -0.377 e. The molecule has 0 spiro atoms. The van der Waals surface area contributed by atoms with E-state index in [0.717, 1.165) is 93.9 Å². The maximum absolute atomic E-state index is 13.8. The number of ether oxygens (including phenoxy) is 1. The molecule has 3 unspecified atom stereocenters. The zero-order valence-corrected chi connectivity index (χ0v) is 19.7. The number of anilines is 1. The number of aromatic nitrogens is 3. The van der Waals surface area contributed by atoms with E-state index >= 15 is 0 Å². The first-order valence-electron chi connectivity index (χ1n) is 12.9. The number of nitrogens with two attached hydrogens (primary N) is 1. The van der Waals surface area contributed by atoms with Gasteiger partial charge in [0.1, 0.15) is 5.82 Å². The second kappa shape index (κ2) is 8.55. The average Bonchev–Trinajstić information content (AvgIpc) is 3.57. The molecule has 8 heteroatoms. The van der Waals surface area contributed by atoms with Crippen molar-refractivity contribution in [2.45, 2.75) is 76.5 Å². The number of piperidine rings is 1. The van der Waals surface area contributed by atoms with Gasteiger partial charge in [-0.3, -0.25) is 4.79 Å². The quantitative estimate of drug-likeness (QED) is 0.770. The Labute approximate surface area is 195 Å². The van der Waals surface area contributed by atoms with Crippen LogP contribution in [0.4, 0.5) is 5.82 Å². The van der Waals surface area contributed by atoms with Gasteiger partial charge >= 0.3 is 0 Å². The molecule has 178 valence electrons. The summed E-state index contributed by atoms with van der Waals surface area (Å²) < 4.78 is 7.95. The first kappa shape index (κ1) is 21.4. The third-order valence-electron chi connectivity index (χ3n) is 8.34. The first-order valence-corrected chi connectivity index (χ1v) is 12.9. The van der Waals surface area contributed by atoms with E-state index < -0.39 is 0 Å². The zero-order valence-electron chi connectivity index (χ0n) is 19.7. The van der Waals surface area contributed by atoms with Crippen molar-refractivity contribution in [1.29, 1.82) is 0 Å². The van der Waals surface area contributed by atoms with Crippen molar-refractivity contribution in [2.24, 2.45) is 17.6 Å². The van der Waals surface area contributed by atoms with Crippen molar-refractivity contribution in [1.82, 2.24) is 19.5 Å². The molecule has 0 radical (unpaired) electrons. The van der Waals surface area contributed by atoms with Crippen LogP contribution in [0.15, 0.2) is 12.3 Å². The number of carbonyl (C=O) groups is 1. The summed E-state index contributed by atoms with van der Waals surface area (Å²) in [5, 5.41) is 4.91. The fraction of sp³-hybridized carbons (Fsp3) is 0.720. The molecule has 2 N–H and O–H groups in total. The molecule has 5 atom stereocenters. The van der Waals surface area contributed by atoms with Crippen LogP contribution in [0.5, 0.6) is 0 Å². The Balaban J connectivity index is 1.28. The Kier molecular flexibility index (Phi) is 5.53. The lowest BCUT2D eigenvalue weighted by atomic mass is 9.77. The molecule has 3 aliphatic heterocycles. The second-order valence-electron chi connectivity index (χ2n) is 10.6. The van der Waals surface area contributed by atoms with Crippen molar-refractivity contribution >= 4 is 17.4 Å². The molecule has 1 aliphatic carbocycles. The van der Waals surface area contributed by atoms with Crippen LogP contribution in [0, 0.1) is 18.8 Å². The normalized spacial score (nSPS) is 32.5. The van der Waals surface area contributed by atoms with E-state index in [1.54, 1.807) is 0 Å². The standard InChI is InChI=1S/C25H36N6O2/c1-16-14-31-22(27-24(16)29-11-8-18(26)15-29)13-20(28-31)21-7-2-3-10-30(21)25(32)19-6-4-5-17-9-12-33-23(17)19/h13-14,17-19,21,23H,2-12,15,26H2,1H3/t17?,18-,19?,21-,23?/m0/s1. The highest BCUT2D eigenvalue weighted by Gasteiger charge is 2.44. The molecule has 5 heterocycles. The summed E-state index contributed by atoms with van der Waals surface area (Å²) in [4.78, 5) is 23.1. The Morgan fingerprint density at radius 1 is 1.12 bits per heavy atom. The van der Waals surface area contributed by atoms with Crippen LogP contribution >= 0.6 is 0 Å². The lowest BCUT2D eigenvalue weighted by Crippen LogP contribution is -2.47. The molecular weight excluding hydrogens is 416 g/mol. The lowest BCUT2D eigenvalue weighted by molar-refractivity contribution is -0.146.